The van der Waals surface area contributed by atoms with Crippen molar-refractivity contribution in [2.24, 2.45) is 0 Å². The van der Waals surface area contributed by atoms with Crippen molar-refractivity contribution in [2.45, 2.75) is 19.4 Å². The van der Waals surface area contributed by atoms with E-state index >= 15 is 0 Å². The lowest BCUT2D eigenvalue weighted by atomic mass is 10.1. The lowest BCUT2D eigenvalue weighted by Gasteiger charge is -2.35. The van der Waals surface area contributed by atoms with Gasteiger partial charge in [-0.1, -0.05) is 12.1 Å². The van der Waals surface area contributed by atoms with Crippen molar-refractivity contribution >= 4 is 28.3 Å². The second-order valence-corrected chi connectivity index (χ2v) is 4.99. The molecule has 0 saturated carbocycles. The first-order valence-electron chi connectivity index (χ1n) is 5.56. The van der Waals surface area contributed by atoms with Gasteiger partial charge in [-0.25, -0.2) is 9.97 Å². The monoisotopic (exact) mass is 249 g/mol. The number of alkyl halides is 1. The summed E-state index contributed by atoms with van der Waals surface area (Å²) in [6.07, 6.45) is 1.60. The third kappa shape index (κ3) is 2.20. The molecule has 0 fully saturated rings. The standard InChI is InChI=1S/C13H16ClN3/c1-13(2,8-14)17(3)12-10-6-4-5-7-11(10)15-9-16-12/h4-7,9H,8H2,1-3H3. The zero-order valence-corrected chi connectivity index (χ0v) is 11.1. The number of aromatic nitrogens is 2. The molecule has 0 saturated heterocycles. The summed E-state index contributed by atoms with van der Waals surface area (Å²) in [5.74, 6) is 1.46. The summed E-state index contributed by atoms with van der Waals surface area (Å²) in [5, 5.41) is 1.05. The normalized spacial score (nSPS) is 11.8. The Morgan fingerprint density at radius 1 is 1.24 bits per heavy atom. The largest absolute Gasteiger partial charge is 0.353 e. The molecule has 1 heterocycles. The van der Waals surface area contributed by atoms with Gasteiger partial charge in [0.2, 0.25) is 0 Å². The van der Waals surface area contributed by atoms with Crippen molar-refractivity contribution in [3.8, 4) is 0 Å². The van der Waals surface area contributed by atoms with Gasteiger partial charge >= 0.3 is 0 Å². The molecule has 0 unspecified atom stereocenters. The van der Waals surface area contributed by atoms with Crippen LogP contribution in [-0.2, 0) is 0 Å². The number of hydrogen-bond acceptors (Lipinski definition) is 3. The fourth-order valence-corrected chi connectivity index (χ4v) is 1.81. The summed E-state index contributed by atoms with van der Waals surface area (Å²) < 4.78 is 0. The Hall–Kier alpha value is -1.35. The van der Waals surface area contributed by atoms with Crippen molar-refractivity contribution in [1.82, 2.24) is 9.97 Å². The van der Waals surface area contributed by atoms with Gasteiger partial charge in [0.1, 0.15) is 12.1 Å². The highest BCUT2D eigenvalue weighted by atomic mass is 35.5. The van der Waals surface area contributed by atoms with Crippen LogP contribution in [0.5, 0.6) is 0 Å². The third-order valence-corrected chi connectivity index (χ3v) is 3.73. The minimum absolute atomic E-state index is 0.140. The summed E-state index contributed by atoms with van der Waals surface area (Å²) in [6, 6.07) is 8.00. The Kier molecular flexibility index (Phi) is 3.20. The van der Waals surface area contributed by atoms with Crippen molar-refractivity contribution in [3.05, 3.63) is 30.6 Å². The van der Waals surface area contributed by atoms with Gasteiger partial charge in [-0.15, -0.1) is 11.6 Å². The maximum atomic E-state index is 6.00. The molecule has 0 aliphatic carbocycles. The molecule has 0 N–H and O–H groups in total. The average molecular weight is 250 g/mol. The van der Waals surface area contributed by atoms with Crippen LogP contribution in [0, 0.1) is 0 Å². The first-order valence-corrected chi connectivity index (χ1v) is 6.09. The quantitative estimate of drug-likeness (QED) is 0.783. The predicted octanol–water partition coefficient (Wildman–Crippen LogP) is 3.08. The second-order valence-electron chi connectivity index (χ2n) is 4.72. The van der Waals surface area contributed by atoms with Crippen LogP contribution in [-0.4, -0.2) is 28.4 Å². The van der Waals surface area contributed by atoms with Crippen LogP contribution in [0.25, 0.3) is 10.9 Å². The van der Waals surface area contributed by atoms with Gasteiger partial charge in [0.25, 0.3) is 0 Å². The molecule has 17 heavy (non-hydrogen) atoms. The van der Waals surface area contributed by atoms with E-state index in [2.05, 4.69) is 28.7 Å². The molecule has 0 radical (unpaired) electrons. The lowest BCUT2D eigenvalue weighted by molar-refractivity contribution is 0.541. The number of para-hydroxylation sites is 1. The van der Waals surface area contributed by atoms with Crippen LogP contribution < -0.4 is 4.90 Å². The molecule has 1 aromatic carbocycles. The van der Waals surface area contributed by atoms with Gasteiger partial charge in [0.15, 0.2) is 0 Å². The average Bonchev–Trinajstić information content (AvgIpc) is 2.37. The minimum Gasteiger partial charge on any atom is -0.353 e. The van der Waals surface area contributed by atoms with E-state index in [0.29, 0.717) is 5.88 Å². The number of halogens is 1. The molecule has 0 aliphatic heterocycles. The number of benzene rings is 1. The van der Waals surface area contributed by atoms with Crippen molar-refractivity contribution in [3.63, 3.8) is 0 Å². The molecule has 0 bridgehead atoms. The van der Waals surface area contributed by atoms with Gasteiger partial charge < -0.3 is 4.90 Å². The van der Waals surface area contributed by atoms with E-state index in [1.165, 1.54) is 0 Å². The fraction of sp³-hybridized carbons (Fsp3) is 0.385. The number of hydrogen-bond donors (Lipinski definition) is 0. The lowest BCUT2D eigenvalue weighted by Crippen LogP contribution is -2.43. The molecular weight excluding hydrogens is 234 g/mol. The smallest absolute Gasteiger partial charge is 0.140 e. The summed E-state index contributed by atoms with van der Waals surface area (Å²) in [5.41, 5.74) is 0.813. The van der Waals surface area contributed by atoms with Crippen LogP contribution in [0.3, 0.4) is 0 Å². The van der Waals surface area contributed by atoms with Crippen LogP contribution in [0.15, 0.2) is 30.6 Å². The summed E-state index contributed by atoms with van der Waals surface area (Å²) in [6.45, 7) is 4.19. The fourth-order valence-electron chi connectivity index (χ4n) is 1.63. The maximum Gasteiger partial charge on any atom is 0.140 e. The Balaban J connectivity index is 2.56. The number of anilines is 1. The van der Waals surface area contributed by atoms with E-state index in [4.69, 9.17) is 11.6 Å². The topological polar surface area (TPSA) is 29.0 Å². The predicted molar refractivity (Wildman–Crippen MR) is 72.7 cm³/mol. The van der Waals surface area contributed by atoms with Crippen molar-refractivity contribution < 1.29 is 0 Å². The Morgan fingerprint density at radius 2 is 1.94 bits per heavy atom. The highest BCUT2D eigenvalue weighted by Gasteiger charge is 2.24. The van der Waals surface area contributed by atoms with Gasteiger partial charge in [0.05, 0.1) is 5.52 Å². The molecule has 0 aliphatic rings. The van der Waals surface area contributed by atoms with E-state index in [1.54, 1.807) is 6.33 Å². The van der Waals surface area contributed by atoms with Gasteiger partial charge in [0, 0.05) is 23.9 Å². The molecule has 0 spiro atoms. The molecular formula is C13H16ClN3. The zero-order chi connectivity index (χ0) is 12.5. The summed E-state index contributed by atoms with van der Waals surface area (Å²) in [7, 11) is 2.01. The Labute approximate surface area is 106 Å². The number of fused-ring (bicyclic) bond motifs is 1. The van der Waals surface area contributed by atoms with Crippen molar-refractivity contribution in [1.29, 1.82) is 0 Å². The van der Waals surface area contributed by atoms with Crippen LogP contribution in [0.4, 0.5) is 5.82 Å². The van der Waals surface area contributed by atoms with E-state index in [1.807, 2.05) is 31.3 Å². The third-order valence-electron chi connectivity index (χ3n) is 3.07. The molecule has 2 aromatic rings. The SMILES string of the molecule is CN(c1ncnc2ccccc12)C(C)(C)CCl. The van der Waals surface area contributed by atoms with E-state index < -0.39 is 0 Å². The van der Waals surface area contributed by atoms with Crippen molar-refractivity contribution in [2.75, 3.05) is 17.8 Å². The highest BCUT2D eigenvalue weighted by molar-refractivity contribution is 6.18. The summed E-state index contributed by atoms with van der Waals surface area (Å²) >= 11 is 6.00. The highest BCUT2D eigenvalue weighted by Crippen LogP contribution is 2.27. The molecule has 0 atom stereocenters. The number of nitrogens with zero attached hydrogens (tertiary/aromatic N) is 3. The minimum atomic E-state index is -0.140. The van der Waals surface area contributed by atoms with E-state index in [9.17, 15) is 0 Å². The number of rotatable bonds is 3. The molecule has 2 rings (SSSR count). The first kappa shape index (κ1) is 12.1. The molecule has 90 valence electrons. The van der Waals surface area contributed by atoms with Crippen LogP contribution in [0.2, 0.25) is 0 Å². The zero-order valence-electron chi connectivity index (χ0n) is 10.3. The first-order chi connectivity index (χ1) is 8.06. The van der Waals surface area contributed by atoms with E-state index in [-0.39, 0.29) is 5.54 Å². The van der Waals surface area contributed by atoms with Crippen LogP contribution in [0.1, 0.15) is 13.8 Å². The Morgan fingerprint density at radius 3 is 2.65 bits per heavy atom. The van der Waals surface area contributed by atoms with E-state index in [0.717, 1.165) is 16.7 Å². The molecule has 0 amide bonds. The summed E-state index contributed by atoms with van der Waals surface area (Å²) in [4.78, 5) is 10.7. The van der Waals surface area contributed by atoms with Gasteiger partial charge in [-0.2, -0.15) is 0 Å². The maximum absolute atomic E-state index is 6.00. The van der Waals surface area contributed by atoms with Crippen LogP contribution >= 0.6 is 11.6 Å². The molecule has 1 aromatic heterocycles. The molecule has 4 heteroatoms. The van der Waals surface area contributed by atoms with Gasteiger partial charge in [-0.3, -0.25) is 0 Å². The molecule has 3 nitrogen and oxygen atoms in total. The second kappa shape index (κ2) is 4.49. The Bertz CT molecular complexity index is 520. The van der Waals surface area contributed by atoms with Gasteiger partial charge in [-0.05, 0) is 26.0 Å².